The summed E-state index contributed by atoms with van der Waals surface area (Å²) in [5, 5.41) is 9.64. The summed E-state index contributed by atoms with van der Waals surface area (Å²) in [7, 11) is 1.47. The Morgan fingerprint density at radius 1 is 1.24 bits per heavy atom. The third-order valence-electron chi connectivity index (χ3n) is 5.01. The van der Waals surface area contributed by atoms with Crippen molar-refractivity contribution in [1.29, 1.82) is 0 Å². The van der Waals surface area contributed by atoms with E-state index in [1.54, 1.807) is 24.3 Å². The molecular weight excluding hydrogens is 333 g/mol. The molecule has 8 heteroatoms. The quantitative estimate of drug-likeness (QED) is 0.894. The molecule has 25 heavy (non-hydrogen) atoms. The highest BCUT2D eigenvalue weighted by Gasteiger charge is 2.56. The van der Waals surface area contributed by atoms with Gasteiger partial charge in [-0.2, -0.15) is 18.3 Å². The number of carbonyl (C=O) groups excluding carboxylic acids is 1. The number of aryl methyl sites for hydroxylation is 1. The average Bonchev–Trinajstić information content (AvgIpc) is 2.88. The van der Waals surface area contributed by atoms with Crippen molar-refractivity contribution in [3.63, 3.8) is 0 Å². The third-order valence-corrected chi connectivity index (χ3v) is 5.01. The molecule has 132 valence electrons. The Bertz CT molecular complexity index is 802. The highest BCUT2D eigenvalue weighted by Crippen LogP contribution is 2.49. The van der Waals surface area contributed by atoms with Gasteiger partial charge >= 0.3 is 6.18 Å². The van der Waals surface area contributed by atoms with E-state index in [2.05, 4.69) is 15.7 Å². The Morgan fingerprint density at radius 2 is 1.88 bits per heavy atom. The number of alkyl halides is 3. The van der Waals surface area contributed by atoms with Gasteiger partial charge in [-0.05, 0) is 48.7 Å². The summed E-state index contributed by atoms with van der Waals surface area (Å²) >= 11 is 0. The minimum Gasteiger partial charge on any atom is -0.326 e. The molecule has 0 bridgehead atoms. The number of hydrogen-bond donors (Lipinski definition) is 2. The van der Waals surface area contributed by atoms with Crippen LogP contribution in [0, 0.1) is 17.8 Å². The van der Waals surface area contributed by atoms with E-state index in [1.165, 1.54) is 11.7 Å². The van der Waals surface area contributed by atoms with E-state index in [4.69, 9.17) is 0 Å². The summed E-state index contributed by atoms with van der Waals surface area (Å²) in [5.74, 6) is 0.973. The summed E-state index contributed by atoms with van der Waals surface area (Å²) in [6.45, 7) is 1.79. The number of anilines is 1. The fourth-order valence-corrected chi connectivity index (χ4v) is 3.63. The lowest BCUT2D eigenvalue weighted by Gasteiger charge is -2.08. The molecule has 2 aromatic rings. The molecular formula is C17H17F3N4O. The first-order valence-electron chi connectivity index (χ1n) is 8.08. The minimum absolute atomic E-state index is 0.0177. The maximum atomic E-state index is 12.8. The van der Waals surface area contributed by atoms with E-state index in [1.807, 2.05) is 0 Å². The molecule has 0 spiro atoms. The fraction of sp³-hybridized carbons (Fsp3) is 0.412. The van der Waals surface area contributed by atoms with Crippen LogP contribution in [-0.4, -0.2) is 28.8 Å². The Labute approximate surface area is 142 Å². The number of nitrogens with one attached hydrogen (secondary N) is 2. The van der Waals surface area contributed by atoms with Gasteiger partial charge in [-0.25, -0.2) is 0 Å². The van der Waals surface area contributed by atoms with E-state index in [9.17, 15) is 18.0 Å². The van der Waals surface area contributed by atoms with Gasteiger partial charge < -0.3 is 10.6 Å². The predicted molar refractivity (Wildman–Crippen MR) is 85.6 cm³/mol. The summed E-state index contributed by atoms with van der Waals surface area (Å²) in [6, 6.07) is 7.78. The first-order chi connectivity index (χ1) is 11.8. The molecule has 0 radical (unpaired) electrons. The summed E-state index contributed by atoms with van der Waals surface area (Å²) in [4.78, 5) is 12.2. The zero-order valence-corrected chi connectivity index (χ0v) is 13.5. The van der Waals surface area contributed by atoms with E-state index in [0.29, 0.717) is 28.8 Å². The van der Waals surface area contributed by atoms with E-state index < -0.39 is 11.9 Å². The topological polar surface area (TPSA) is 59.0 Å². The Balaban J connectivity index is 1.47. The van der Waals surface area contributed by atoms with Crippen LogP contribution < -0.4 is 10.6 Å². The van der Waals surface area contributed by atoms with Crippen LogP contribution in [0.1, 0.15) is 5.69 Å². The van der Waals surface area contributed by atoms with Crippen LogP contribution in [0.3, 0.4) is 0 Å². The number of piperidine rings is 1. The molecule has 2 aliphatic rings. The molecule has 1 amide bonds. The van der Waals surface area contributed by atoms with Crippen LogP contribution in [0.5, 0.6) is 0 Å². The largest absolute Gasteiger partial charge is 0.435 e. The number of halogens is 3. The number of amides is 1. The highest BCUT2D eigenvalue weighted by atomic mass is 19.4. The summed E-state index contributed by atoms with van der Waals surface area (Å²) in [5.41, 5.74) is 0.699. The average molecular weight is 350 g/mol. The first kappa shape index (κ1) is 16.1. The Morgan fingerprint density at radius 3 is 2.44 bits per heavy atom. The molecule has 3 atom stereocenters. The van der Waals surface area contributed by atoms with Gasteiger partial charge in [-0.3, -0.25) is 9.48 Å². The second-order valence-electron chi connectivity index (χ2n) is 6.61. The van der Waals surface area contributed by atoms with Crippen LogP contribution in [0.4, 0.5) is 18.9 Å². The van der Waals surface area contributed by atoms with Crippen molar-refractivity contribution in [2.45, 2.75) is 6.18 Å². The van der Waals surface area contributed by atoms with Crippen LogP contribution >= 0.6 is 0 Å². The third kappa shape index (κ3) is 2.90. The van der Waals surface area contributed by atoms with E-state index in [0.717, 1.165) is 19.2 Å². The molecule has 4 rings (SSSR count). The van der Waals surface area contributed by atoms with Gasteiger partial charge in [0.15, 0.2) is 5.69 Å². The van der Waals surface area contributed by atoms with Gasteiger partial charge in [-0.1, -0.05) is 12.1 Å². The van der Waals surface area contributed by atoms with Crippen LogP contribution in [-0.2, 0) is 18.0 Å². The molecule has 1 saturated carbocycles. The molecule has 1 saturated heterocycles. The number of rotatable bonds is 3. The van der Waals surface area contributed by atoms with Gasteiger partial charge in [-0.15, -0.1) is 0 Å². The zero-order valence-electron chi connectivity index (χ0n) is 13.5. The molecule has 1 unspecified atom stereocenters. The van der Waals surface area contributed by atoms with Gasteiger partial charge in [0.05, 0.1) is 5.69 Å². The lowest BCUT2D eigenvalue weighted by molar-refractivity contribution is -0.141. The van der Waals surface area contributed by atoms with Crippen molar-refractivity contribution in [3.05, 3.63) is 36.0 Å². The van der Waals surface area contributed by atoms with Gasteiger partial charge in [0, 0.05) is 18.7 Å². The number of aromatic nitrogens is 2. The first-order valence-corrected chi connectivity index (χ1v) is 8.08. The number of fused-ring (bicyclic) bond motifs is 1. The number of hydrogen-bond acceptors (Lipinski definition) is 3. The van der Waals surface area contributed by atoms with Crippen molar-refractivity contribution in [2.24, 2.45) is 24.8 Å². The molecule has 2 N–H and O–H groups in total. The highest BCUT2D eigenvalue weighted by molar-refractivity contribution is 5.95. The number of benzene rings is 1. The van der Waals surface area contributed by atoms with Crippen molar-refractivity contribution in [3.8, 4) is 11.3 Å². The molecule has 1 aliphatic heterocycles. The summed E-state index contributed by atoms with van der Waals surface area (Å²) in [6.07, 6.45) is -4.47. The number of carbonyl (C=O) groups is 1. The molecule has 2 fully saturated rings. The zero-order chi connectivity index (χ0) is 17.8. The maximum Gasteiger partial charge on any atom is 0.435 e. The Hall–Kier alpha value is -2.35. The molecule has 1 aromatic carbocycles. The van der Waals surface area contributed by atoms with Gasteiger partial charge in [0.25, 0.3) is 0 Å². The van der Waals surface area contributed by atoms with Gasteiger partial charge in [0.2, 0.25) is 5.91 Å². The maximum absolute atomic E-state index is 12.8. The van der Waals surface area contributed by atoms with E-state index >= 15 is 0 Å². The van der Waals surface area contributed by atoms with Crippen molar-refractivity contribution < 1.29 is 18.0 Å². The molecule has 5 nitrogen and oxygen atoms in total. The van der Waals surface area contributed by atoms with Crippen LogP contribution in [0.25, 0.3) is 11.3 Å². The van der Waals surface area contributed by atoms with Crippen molar-refractivity contribution in [1.82, 2.24) is 15.1 Å². The van der Waals surface area contributed by atoms with E-state index in [-0.39, 0.29) is 11.8 Å². The second-order valence-corrected chi connectivity index (χ2v) is 6.61. The summed E-state index contributed by atoms with van der Waals surface area (Å²) < 4.78 is 39.5. The molecule has 1 aliphatic carbocycles. The van der Waals surface area contributed by atoms with Crippen molar-refractivity contribution in [2.75, 3.05) is 18.4 Å². The smallest absolute Gasteiger partial charge is 0.326 e. The lowest BCUT2D eigenvalue weighted by Crippen LogP contribution is -2.23. The molecule has 2 heterocycles. The monoisotopic (exact) mass is 350 g/mol. The van der Waals surface area contributed by atoms with Crippen LogP contribution in [0.15, 0.2) is 30.3 Å². The normalized spacial score (nSPS) is 24.9. The van der Waals surface area contributed by atoms with Gasteiger partial charge in [0.1, 0.15) is 0 Å². The predicted octanol–water partition coefficient (Wildman–Crippen LogP) is 2.51. The lowest BCUT2D eigenvalue weighted by atomic mass is 10.1. The Kier molecular flexibility index (Phi) is 3.61. The standard InChI is InChI=1S/C17H17F3N4O/c1-24-13(6-14(23-24)17(18,19)20)9-2-4-10(5-3-9)22-16(25)15-11-7-21-8-12(11)15/h2-6,11-12,15,21H,7-8H2,1H3,(H,22,25)/t11-,12+,15?. The molecule has 1 aromatic heterocycles. The van der Waals surface area contributed by atoms with Crippen LogP contribution in [0.2, 0.25) is 0 Å². The minimum atomic E-state index is -4.47. The SMILES string of the molecule is Cn1nc(C(F)(F)F)cc1-c1ccc(NC(=O)C2[C@H]3CNC[C@@H]23)cc1. The number of nitrogens with zero attached hydrogens (tertiary/aromatic N) is 2. The van der Waals surface area contributed by atoms with Crippen molar-refractivity contribution >= 4 is 11.6 Å². The second kappa shape index (κ2) is 5.59. The fourth-order valence-electron chi connectivity index (χ4n) is 3.63.